The monoisotopic (exact) mass is 299 g/mol. The summed E-state index contributed by atoms with van der Waals surface area (Å²) in [5, 5.41) is 18.3. The minimum atomic E-state index is -1.05. The van der Waals surface area contributed by atoms with Gasteiger partial charge in [-0.05, 0) is 11.6 Å². The van der Waals surface area contributed by atoms with Crippen molar-refractivity contribution in [3.8, 4) is 11.6 Å². The number of nitrogens with two attached hydrogens (primary N) is 1. The highest BCUT2D eigenvalue weighted by Gasteiger charge is 2.23. The predicted molar refractivity (Wildman–Crippen MR) is 65.9 cm³/mol. The van der Waals surface area contributed by atoms with E-state index in [-0.39, 0.29) is 33.9 Å². The topological polar surface area (TPSA) is 123 Å². The zero-order valence-electron chi connectivity index (χ0n) is 9.71. The molecule has 0 spiro atoms. The fraction of sp³-hybridized carbons (Fsp3) is 0.100. The number of fused-ring (bicyclic) bond motifs is 1. The third kappa shape index (κ3) is 1.67. The highest BCUT2D eigenvalue weighted by atomic mass is 35.5. The van der Waals surface area contributed by atoms with Gasteiger partial charge in [0.1, 0.15) is 12.9 Å². The van der Waals surface area contributed by atoms with E-state index < -0.39 is 18.2 Å². The molecule has 3 aromatic rings. The van der Waals surface area contributed by atoms with Gasteiger partial charge in [-0.2, -0.15) is 14.4 Å². The van der Waals surface area contributed by atoms with Crippen molar-refractivity contribution in [3.05, 3.63) is 23.2 Å². The van der Waals surface area contributed by atoms with Crippen LogP contribution in [0.2, 0.25) is 5.28 Å². The van der Waals surface area contributed by atoms with Crippen LogP contribution in [0, 0.1) is 5.82 Å². The fourth-order valence-electron chi connectivity index (χ4n) is 1.74. The van der Waals surface area contributed by atoms with E-state index in [1.807, 2.05) is 0 Å². The quantitative estimate of drug-likeness (QED) is 0.603. The smallest absolute Gasteiger partial charge is 0.247 e. The maximum Gasteiger partial charge on any atom is 0.247 e. The van der Waals surface area contributed by atoms with Crippen molar-refractivity contribution in [1.82, 2.24) is 19.5 Å². The molecule has 0 unspecified atom stereocenters. The van der Waals surface area contributed by atoms with Gasteiger partial charge in [0.25, 0.3) is 0 Å². The second kappa shape index (κ2) is 4.32. The largest absolute Gasteiger partial charge is 0.502 e. The first kappa shape index (κ1) is 12.6. The molecule has 0 aromatic carbocycles. The summed E-state index contributed by atoms with van der Waals surface area (Å²) in [5.41, 5.74) is 5.94. The molecule has 0 atom stereocenters. The van der Waals surface area contributed by atoms with E-state index in [1.165, 1.54) is 6.33 Å². The second-order valence-electron chi connectivity index (χ2n) is 3.82. The Hall–Kier alpha value is -2.39. The molecule has 3 rings (SSSR count). The van der Waals surface area contributed by atoms with Crippen LogP contribution >= 0.6 is 11.6 Å². The Morgan fingerprint density at radius 1 is 1.45 bits per heavy atom. The van der Waals surface area contributed by atoms with Crippen LogP contribution in [0.5, 0.6) is 5.75 Å². The van der Waals surface area contributed by atoms with Crippen LogP contribution in [0.15, 0.2) is 10.7 Å². The number of nitrogen functional groups attached to an aromatic ring is 1. The van der Waals surface area contributed by atoms with E-state index in [9.17, 15) is 9.50 Å². The number of anilines is 1. The van der Waals surface area contributed by atoms with Gasteiger partial charge in [-0.15, -0.1) is 0 Å². The molecule has 0 aliphatic heterocycles. The number of imidazole rings is 1. The molecule has 4 N–H and O–H groups in total. The number of aliphatic hydroxyl groups excluding tert-OH is 1. The fourth-order valence-corrected chi connectivity index (χ4v) is 1.91. The van der Waals surface area contributed by atoms with Crippen molar-refractivity contribution >= 4 is 28.6 Å². The van der Waals surface area contributed by atoms with E-state index in [0.29, 0.717) is 0 Å². The normalized spacial score (nSPS) is 11.3. The van der Waals surface area contributed by atoms with E-state index in [0.717, 1.165) is 4.57 Å². The number of hydrogen-bond donors (Lipinski definition) is 3. The van der Waals surface area contributed by atoms with Crippen molar-refractivity contribution in [2.45, 2.75) is 6.61 Å². The van der Waals surface area contributed by atoms with Crippen LogP contribution in [-0.4, -0.2) is 29.7 Å². The Morgan fingerprint density at radius 2 is 2.20 bits per heavy atom. The molecule has 0 radical (unpaired) electrons. The highest BCUT2D eigenvalue weighted by molar-refractivity contribution is 6.28. The van der Waals surface area contributed by atoms with Gasteiger partial charge in [-0.1, -0.05) is 0 Å². The lowest BCUT2D eigenvalue weighted by Gasteiger charge is -2.00. The third-order valence-electron chi connectivity index (χ3n) is 2.64. The molecule has 20 heavy (non-hydrogen) atoms. The van der Waals surface area contributed by atoms with Crippen LogP contribution in [0.25, 0.3) is 17.0 Å². The second-order valence-corrected chi connectivity index (χ2v) is 4.15. The van der Waals surface area contributed by atoms with E-state index in [4.69, 9.17) is 26.9 Å². The maximum atomic E-state index is 13.9. The first-order valence-electron chi connectivity index (χ1n) is 5.30. The number of nitrogens with zero attached hydrogens (tertiary/aromatic N) is 4. The van der Waals surface area contributed by atoms with Crippen LogP contribution < -0.4 is 5.73 Å². The molecule has 8 nitrogen and oxygen atoms in total. The van der Waals surface area contributed by atoms with E-state index in [2.05, 4.69) is 15.0 Å². The number of rotatable bonds is 2. The summed E-state index contributed by atoms with van der Waals surface area (Å²) in [5.74, 6) is -2.51. The molecule has 104 valence electrons. The zero-order valence-corrected chi connectivity index (χ0v) is 10.5. The summed E-state index contributed by atoms with van der Waals surface area (Å²) in [4.78, 5) is 11.5. The average molecular weight is 300 g/mol. The van der Waals surface area contributed by atoms with Crippen LogP contribution in [0.4, 0.5) is 10.2 Å². The Morgan fingerprint density at radius 3 is 2.85 bits per heavy atom. The minimum Gasteiger partial charge on any atom is -0.502 e. The van der Waals surface area contributed by atoms with Gasteiger partial charge in [-0.3, -0.25) is 0 Å². The number of aromatic hydroxyl groups is 1. The highest BCUT2D eigenvalue weighted by Crippen LogP contribution is 2.32. The summed E-state index contributed by atoms with van der Waals surface area (Å²) < 4.78 is 20.0. The molecular weight excluding hydrogens is 293 g/mol. The molecule has 0 aliphatic carbocycles. The Balaban J connectivity index is 2.30. The molecule has 0 bridgehead atoms. The van der Waals surface area contributed by atoms with Gasteiger partial charge < -0.3 is 20.4 Å². The summed E-state index contributed by atoms with van der Waals surface area (Å²) in [6, 6.07) is 0. The molecule has 0 saturated heterocycles. The predicted octanol–water partition coefficient (Wildman–Crippen LogP) is 0.981. The Labute approximate surface area is 115 Å². The van der Waals surface area contributed by atoms with Crippen molar-refractivity contribution in [2.24, 2.45) is 0 Å². The van der Waals surface area contributed by atoms with Gasteiger partial charge in [0.15, 0.2) is 28.5 Å². The molecule has 3 aromatic heterocycles. The summed E-state index contributed by atoms with van der Waals surface area (Å²) in [6.07, 6.45) is 1.19. The van der Waals surface area contributed by atoms with E-state index >= 15 is 0 Å². The summed E-state index contributed by atoms with van der Waals surface area (Å²) >= 11 is 5.69. The van der Waals surface area contributed by atoms with Gasteiger partial charge in [0, 0.05) is 0 Å². The average Bonchev–Trinajstić information content (AvgIpc) is 2.93. The SMILES string of the molecule is Nc1nc(Cl)nc2c1ncn2-c1oc(CO)c(O)c1F. The van der Waals surface area contributed by atoms with E-state index in [1.54, 1.807) is 0 Å². The molecule has 10 heteroatoms. The molecular formula is C10H7ClFN5O3. The van der Waals surface area contributed by atoms with Crippen LogP contribution in [0.1, 0.15) is 5.76 Å². The van der Waals surface area contributed by atoms with Crippen molar-refractivity contribution < 1.29 is 19.0 Å². The standard InChI is InChI=1S/C10H7ClFN5O3/c11-10-15-7(13)5-8(16-10)17(2-14-5)9-4(12)6(19)3(1-18)20-9/h2,18-19H,1H2,(H2,13,15,16). The van der Waals surface area contributed by atoms with Crippen molar-refractivity contribution in [1.29, 1.82) is 0 Å². The Bertz CT molecular complexity index is 815. The Kier molecular flexibility index (Phi) is 2.73. The number of aliphatic hydroxyl groups is 1. The number of aromatic nitrogens is 4. The molecule has 3 heterocycles. The third-order valence-corrected chi connectivity index (χ3v) is 2.81. The minimum absolute atomic E-state index is 0.0253. The van der Waals surface area contributed by atoms with Gasteiger partial charge in [0.2, 0.25) is 17.0 Å². The van der Waals surface area contributed by atoms with Gasteiger partial charge in [0.05, 0.1) is 0 Å². The van der Waals surface area contributed by atoms with Crippen LogP contribution in [-0.2, 0) is 6.61 Å². The zero-order chi connectivity index (χ0) is 14.4. The van der Waals surface area contributed by atoms with Crippen molar-refractivity contribution in [3.63, 3.8) is 0 Å². The molecule has 0 aliphatic rings. The van der Waals surface area contributed by atoms with Gasteiger partial charge in [-0.25, -0.2) is 9.55 Å². The van der Waals surface area contributed by atoms with Crippen molar-refractivity contribution in [2.75, 3.05) is 5.73 Å². The molecule has 0 amide bonds. The maximum absolute atomic E-state index is 13.9. The lowest BCUT2D eigenvalue weighted by Crippen LogP contribution is -1.98. The molecule has 0 fully saturated rings. The number of furan rings is 1. The number of hydrogen-bond acceptors (Lipinski definition) is 7. The summed E-state index contributed by atoms with van der Waals surface area (Å²) in [7, 11) is 0. The van der Waals surface area contributed by atoms with Gasteiger partial charge >= 0.3 is 0 Å². The summed E-state index contributed by atoms with van der Waals surface area (Å²) in [6.45, 7) is -0.659. The first-order valence-corrected chi connectivity index (χ1v) is 5.68. The van der Waals surface area contributed by atoms with Crippen LogP contribution in [0.3, 0.4) is 0 Å². The molecule has 0 saturated carbocycles. The number of halogens is 2. The lowest BCUT2D eigenvalue weighted by atomic mass is 10.4. The lowest BCUT2D eigenvalue weighted by molar-refractivity contribution is 0.239. The first-order chi connectivity index (χ1) is 9.52.